The average molecular weight is 343 g/mol. The first kappa shape index (κ1) is 18.8. The fourth-order valence-corrected chi connectivity index (χ4v) is 2.20. The van der Waals surface area contributed by atoms with E-state index in [4.69, 9.17) is 14.2 Å². The third kappa shape index (κ3) is 6.85. The highest BCUT2D eigenvalue weighted by Gasteiger charge is 2.04. The van der Waals surface area contributed by atoms with E-state index in [2.05, 4.69) is 12.2 Å². The Morgan fingerprint density at radius 1 is 0.960 bits per heavy atom. The number of carbonyl (C=O) groups is 1. The van der Waals surface area contributed by atoms with Crippen molar-refractivity contribution in [3.8, 4) is 11.5 Å². The van der Waals surface area contributed by atoms with Crippen LogP contribution in [0.1, 0.15) is 18.1 Å². The second-order valence-corrected chi connectivity index (χ2v) is 5.55. The Kier molecular flexibility index (Phi) is 7.79. The van der Waals surface area contributed by atoms with Gasteiger partial charge in [0.05, 0.1) is 6.61 Å². The number of ether oxygens (including phenoxy) is 3. The number of amides is 1. The van der Waals surface area contributed by atoms with E-state index in [1.165, 1.54) is 5.56 Å². The molecule has 0 aliphatic rings. The van der Waals surface area contributed by atoms with Crippen LogP contribution in [0.4, 0.5) is 0 Å². The molecule has 0 aliphatic carbocycles. The van der Waals surface area contributed by atoms with Crippen molar-refractivity contribution in [2.45, 2.75) is 19.9 Å². The SMILES string of the molecule is CCc1cccc(OCC(=O)NCc2ccc(OCCOC)cc2)c1. The van der Waals surface area contributed by atoms with Crippen LogP contribution >= 0.6 is 0 Å². The first-order valence-corrected chi connectivity index (χ1v) is 8.40. The summed E-state index contributed by atoms with van der Waals surface area (Å²) in [7, 11) is 1.64. The molecule has 0 aromatic heterocycles. The molecule has 1 amide bonds. The van der Waals surface area contributed by atoms with Crippen LogP contribution in [0, 0.1) is 0 Å². The van der Waals surface area contributed by atoms with E-state index in [-0.39, 0.29) is 12.5 Å². The van der Waals surface area contributed by atoms with Gasteiger partial charge < -0.3 is 19.5 Å². The molecule has 0 saturated heterocycles. The second-order valence-electron chi connectivity index (χ2n) is 5.55. The molecule has 2 aromatic carbocycles. The minimum absolute atomic E-state index is 0.00534. The topological polar surface area (TPSA) is 56.8 Å². The van der Waals surface area contributed by atoms with Crippen LogP contribution in [-0.2, 0) is 22.5 Å². The summed E-state index contributed by atoms with van der Waals surface area (Å²) in [4.78, 5) is 11.9. The summed E-state index contributed by atoms with van der Waals surface area (Å²) in [6, 6.07) is 15.4. The molecule has 2 rings (SSSR count). The number of carbonyl (C=O) groups excluding carboxylic acids is 1. The highest BCUT2D eigenvalue weighted by Crippen LogP contribution is 2.14. The highest BCUT2D eigenvalue weighted by atomic mass is 16.5. The third-order valence-corrected chi connectivity index (χ3v) is 3.65. The maximum Gasteiger partial charge on any atom is 0.258 e. The molecule has 0 aliphatic heterocycles. The normalized spacial score (nSPS) is 10.3. The van der Waals surface area contributed by atoms with Gasteiger partial charge >= 0.3 is 0 Å². The van der Waals surface area contributed by atoms with Crippen LogP contribution < -0.4 is 14.8 Å². The van der Waals surface area contributed by atoms with Crippen molar-refractivity contribution in [3.63, 3.8) is 0 Å². The Hall–Kier alpha value is -2.53. The number of methoxy groups -OCH3 is 1. The number of hydrogen-bond acceptors (Lipinski definition) is 4. The average Bonchev–Trinajstić information content (AvgIpc) is 2.66. The van der Waals surface area contributed by atoms with Crippen molar-refractivity contribution in [2.24, 2.45) is 0 Å². The third-order valence-electron chi connectivity index (χ3n) is 3.65. The predicted octanol–water partition coefficient (Wildman–Crippen LogP) is 2.97. The molecule has 0 saturated carbocycles. The fraction of sp³-hybridized carbons (Fsp3) is 0.350. The maximum absolute atomic E-state index is 11.9. The van der Waals surface area contributed by atoms with Gasteiger partial charge in [-0.3, -0.25) is 4.79 Å². The number of benzene rings is 2. The summed E-state index contributed by atoms with van der Waals surface area (Å²) in [5.74, 6) is 1.35. The van der Waals surface area contributed by atoms with Gasteiger partial charge in [0.2, 0.25) is 0 Å². The van der Waals surface area contributed by atoms with Crippen molar-refractivity contribution in [1.82, 2.24) is 5.32 Å². The number of rotatable bonds is 10. The van der Waals surface area contributed by atoms with Gasteiger partial charge in [0.15, 0.2) is 6.61 Å². The van der Waals surface area contributed by atoms with Crippen molar-refractivity contribution in [2.75, 3.05) is 26.9 Å². The summed E-state index contributed by atoms with van der Waals surface area (Å²) < 4.78 is 16.0. The van der Waals surface area contributed by atoms with Crippen LogP contribution in [0.15, 0.2) is 48.5 Å². The minimum atomic E-state index is -0.151. The summed E-state index contributed by atoms with van der Waals surface area (Å²) >= 11 is 0. The quantitative estimate of drug-likeness (QED) is 0.674. The largest absolute Gasteiger partial charge is 0.491 e. The number of hydrogen-bond donors (Lipinski definition) is 1. The molecule has 0 radical (unpaired) electrons. The summed E-state index contributed by atoms with van der Waals surface area (Å²) in [5.41, 5.74) is 2.19. The zero-order valence-corrected chi connectivity index (χ0v) is 14.8. The second kappa shape index (κ2) is 10.4. The van der Waals surface area contributed by atoms with Gasteiger partial charge in [0.25, 0.3) is 5.91 Å². The molecule has 0 atom stereocenters. The van der Waals surface area contributed by atoms with Crippen molar-refractivity contribution in [3.05, 3.63) is 59.7 Å². The lowest BCUT2D eigenvalue weighted by atomic mass is 10.2. The molecule has 25 heavy (non-hydrogen) atoms. The molecule has 0 bridgehead atoms. The van der Waals surface area contributed by atoms with Gasteiger partial charge in [0.1, 0.15) is 18.1 Å². The Labute approximate surface area is 148 Å². The highest BCUT2D eigenvalue weighted by molar-refractivity contribution is 5.77. The number of aryl methyl sites for hydroxylation is 1. The minimum Gasteiger partial charge on any atom is -0.491 e. The van der Waals surface area contributed by atoms with Crippen molar-refractivity contribution >= 4 is 5.91 Å². The molecule has 0 fully saturated rings. The summed E-state index contributed by atoms with van der Waals surface area (Å²) in [6.45, 7) is 3.61. The molecule has 0 spiro atoms. The van der Waals surface area contributed by atoms with E-state index < -0.39 is 0 Å². The molecule has 1 N–H and O–H groups in total. The van der Waals surface area contributed by atoms with E-state index in [9.17, 15) is 4.79 Å². The molecule has 5 heteroatoms. The Morgan fingerprint density at radius 2 is 1.76 bits per heavy atom. The van der Waals surface area contributed by atoms with Crippen LogP contribution in [-0.4, -0.2) is 32.8 Å². The van der Waals surface area contributed by atoms with Crippen molar-refractivity contribution in [1.29, 1.82) is 0 Å². The van der Waals surface area contributed by atoms with Gasteiger partial charge in [-0.2, -0.15) is 0 Å². The van der Waals surface area contributed by atoms with Crippen molar-refractivity contribution < 1.29 is 19.0 Å². The molecule has 2 aromatic rings. The lowest BCUT2D eigenvalue weighted by molar-refractivity contribution is -0.123. The predicted molar refractivity (Wildman–Crippen MR) is 97.0 cm³/mol. The smallest absolute Gasteiger partial charge is 0.258 e. The van der Waals surface area contributed by atoms with E-state index in [0.717, 1.165) is 17.7 Å². The van der Waals surface area contributed by atoms with Gasteiger partial charge in [-0.25, -0.2) is 0 Å². The van der Waals surface area contributed by atoms with E-state index in [1.54, 1.807) is 7.11 Å². The monoisotopic (exact) mass is 343 g/mol. The lowest BCUT2D eigenvalue weighted by Gasteiger charge is -2.09. The molecule has 5 nitrogen and oxygen atoms in total. The molecule has 0 unspecified atom stereocenters. The van der Waals surface area contributed by atoms with Gasteiger partial charge in [-0.05, 0) is 41.8 Å². The Bertz CT molecular complexity index is 655. The van der Waals surface area contributed by atoms with Crippen LogP contribution in [0.25, 0.3) is 0 Å². The molecule has 134 valence electrons. The number of nitrogens with one attached hydrogen (secondary N) is 1. The first-order valence-electron chi connectivity index (χ1n) is 8.40. The standard InChI is InChI=1S/C20H25NO4/c1-3-16-5-4-6-19(13-16)25-15-20(22)21-14-17-7-9-18(10-8-17)24-12-11-23-2/h4-10,13H,3,11-12,14-15H2,1-2H3,(H,21,22). The van der Waals surface area contributed by atoms with Gasteiger partial charge in [-0.1, -0.05) is 31.2 Å². The summed E-state index contributed by atoms with van der Waals surface area (Å²) in [5, 5.41) is 2.84. The Morgan fingerprint density at radius 3 is 2.48 bits per heavy atom. The van der Waals surface area contributed by atoms with Crippen LogP contribution in [0.5, 0.6) is 11.5 Å². The fourth-order valence-electron chi connectivity index (χ4n) is 2.20. The zero-order valence-electron chi connectivity index (χ0n) is 14.8. The first-order chi connectivity index (χ1) is 12.2. The van der Waals surface area contributed by atoms with Gasteiger partial charge in [0, 0.05) is 13.7 Å². The van der Waals surface area contributed by atoms with E-state index >= 15 is 0 Å². The van der Waals surface area contributed by atoms with Gasteiger partial charge in [-0.15, -0.1) is 0 Å². The molecular weight excluding hydrogens is 318 g/mol. The van der Waals surface area contributed by atoms with Crippen LogP contribution in [0.2, 0.25) is 0 Å². The molecular formula is C20H25NO4. The van der Waals surface area contributed by atoms with Crippen LogP contribution in [0.3, 0.4) is 0 Å². The van der Waals surface area contributed by atoms with E-state index in [0.29, 0.717) is 25.5 Å². The lowest BCUT2D eigenvalue weighted by Crippen LogP contribution is -2.28. The van der Waals surface area contributed by atoms with E-state index in [1.807, 2.05) is 48.5 Å². The maximum atomic E-state index is 11.9. The zero-order chi connectivity index (χ0) is 17.9. The Balaban J connectivity index is 1.72. The summed E-state index contributed by atoms with van der Waals surface area (Å²) in [6.07, 6.45) is 0.939. The molecule has 0 heterocycles.